The van der Waals surface area contributed by atoms with Crippen molar-refractivity contribution in [3.05, 3.63) is 128 Å². The second kappa shape index (κ2) is 13.0. The van der Waals surface area contributed by atoms with Gasteiger partial charge < -0.3 is 9.47 Å². The first-order valence-electron chi connectivity index (χ1n) is 12.8. The standard InChI is InChI=1S/C30H19Cl2F4IN2O4S/c1-2-42-28(41)23-24(15-7-9-18(31)10-8-15)39-27(40)22(44-29(39)38-26(23)30(34,35)36)12-17-11-19(32)13-21(37)25(17)43-14-16-5-3-4-6-20(16)33/h3-13,24H,2,14H2,1H3/b22-12-/t24-/m0/s1. The molecular formula is C30H19Cl2F4IN2O4S. The summed E-state index contributed by atoms with van der Waals surface area (Å²) in [5.41, 5.74) is -2.20. The average molecular weight is 777 g/mol. The first kappa shape index (κ1) is 32.2. The van der Waals surface area contributed by atoms with E-state index >= 15 is 0 Å². The fourth-order valence-corrected chi connectivity index (χ4v) is 6.88. The maximum absolute atomic E-state index is 14.4. The van der Waals surface area contributed by atoms with Crippen molar-refractivity contribution in [2.24, 2.45) is 4.99 Å². The second-order valence-electron chi connectivity index (χ2n) is 9.30. The van der Waals surface area contributed by atoms with Crippen LogP contribution in [0.5, 0.6) is 5.75 Å². The Morgan fingerprint density at radius 2 is 1.82 bits per heavy atom. The van der Waals surface area contributed by atoms with Gasteiger partial charge >= 0.3 is 12.1 Å². The number of allylic oxidation sites excluding steroid dienone is 1. The van der Waals surface area contributed by atoms with Gasteiger partial charge in [-0.25, -0.2) is 14.2 Å². The highest BCUT2D eigenvalue weighted by molar-refractivity contribution is 14.1. The average Bonchev–Trinajstić information content (AvgIpc) is 3.27. The first-order valence-corrected chi connectivity index (χ1v) is 15.4. The van der Waals surface area contributed by atoms with Crippen molar-refractivity contribution in [1.82, 2.24) is 4.57 Å². The molecule has 1 aliphatic rings. The zero-order valence-corrected chi connectivity index (χ0v) is 26.9. The fraction of sp³-hybridized carbons (Fsp3) is 0.167. The van der Waals surface area contributed by atoms with E-state index in [1.807, 2.05) is 22.6 Å². The van der Waals surface area contributed by atoms with Crippen LogP contribution in [0.3, 0.4) is 0 Å². The summed E-state index contributed by atoms with van der Waals surface area (Å²) in [6.07, 6.45) is -3.63. The van der Waals surface area contributed by atoms with Gasteiger partial charge in [-0.15, -0.1) is 0 Å². The van der Waals surface area contributed by atoms with Crippen LogP contribution in [-0.4, -0.2) is 23.3 Å². The molecule has 14 heteroatoms. The quantitative estimate of drug-likeness (QED) is 0.116. The summed E-state index contributed by atoms with van der Waals surface area (Å²) >= 11 is 15.0. The van der Waals surface area contributed by atoms with Crippen LogP contribution in [0.1, 0.15) is 29.7 Å². The van der Waals surface area contributed by atoms with E-state index in [-0.39, 0.29) is 39.4 Å². The van der Waals surface area contributed by atoms with Crippen LogP contribution in [-0.2, 0) is 16.1 Å². The molecule has 6 nitrogen and oxygen atoms in total. The molecule has 228 valence electrons. The maximum Gasteiger partial charge on any atom is 0.434 e. The molecule has 0 radical (unpaired) electrons. The van der Waals surface area contributed by atoms with E-state index in [1.54, 1.807) is 24.3 Å². The number of nitrogens with zero attached hydrogens (tertiary/aromatic N) is 2. The Hall–Kier alpha value is -3.20. The molecule has 0 N–H and O–H groups in total. The summed E-state index contributed by atoms with van der Waals surface area (Å²) in [4.78, 5) is 30.4. The van der Waals surface area contributed by atoms with Crippen LogP contribution >= 0.6 is 57.1 Å². The monoisotopic (exact) mass is 776 g/mol. The number of fused-ring (bicyclic) bond motifs is 1. The fourth-order valence-electron chi connectivity index (χ4n) is 4.55. The number of halogens is 7. The Balaban J connectivity index is 1.72. The largest absolute Gasteiger partial charge is 0.487 e. The molecule has 0 spiro atoms. The van der Waals surface area contributed by atoms with Crippen LogP contribution < -0.4 is 19.6 Å². The predicted molar refractivity (Wildman–Crippen MR) is 167 cm³/mol. The molecule has 0 bridgehead atoms. The van der Waals surface area contributed by atoms with E-state index in [0.29, 0.717) is 30.5 Å². The first-order chi connectivity index (χ1) is 20.9. The van der Waals surface area contributed by atoms with Gasteiger partial charge in [0.05, 0.1) is 26.3 Å². The number of benzene rings is 3. The van der Waals surface area contributed by atoms with Gasteiger partial charge in [0.15, 0.2) is 10.5 Å². The minimum atomic E-state index is -5.04. The summed E-state index contributed by atoms with van der Waals surface area (Å²) in [5, 5.41) is 0.604. The van der Waals surface area contributed by atoms with Gasteiger partial charge in [0, 0.05) is 21.2 Å². The molecule has 4 aromatic rings. The lowest BCUT2D eigenvalue weighted by Crippen LogP contribution is -2.41. The van der Waals surface area contributed by atoms with E-state index in [0.717, 1.165) is 4.57 Å². The molecule has 0 saturated carbocycles. The Kier molecular flexibility index (Phi) is 9.54. The van der Waals surface area contributed by atoms with Gasteiger partial charge in [-0.05, 0) is 71.5 Å². The topological polar surface area (TPSA) is 69.9 Å². The molecule has 5 rings (SSSR count). The van der Waals surface area contributed by atoms with Crippen molar-refractivity contribution in [2.45, 2.75) is 25.7 Å². The molecule has 1 atom stereocenters. The molecular weight excluding hydrogens is 758 g/mol. The van der Waals surface area contributed by atoms with Crippen molar-refractivity contribution in [3.63, 3.8) is 0 Å². The zero-order valence-electron chi connectivity index (χ0n) is 22.4. The molecule has 0 fully saturated rings. The number of carbonyl (C=O) groups excluding carboxylic acids is 1. The predicted octanol–water partition coefficient (Wildman–Crippen LogP) is 6.97. The van der Waals surface area contributed by atoms with Gasteiger partial charge in [-0.1, -0.05) is 64.9 Å². The van der Waals surface area contributed by atoms with Crippen molar-refractivity contribution < 1.29 is 31.8 Å². The molecule has 0 unspecified atom stereocenters. The van der Waals surface area contributed by atoms with E-state index in [2.05, 4.69) is 4.99 Å². The third-order valence-corrected chi connectivity index (χ3v) is 8.69. The summed E-state index contributed by atoms with van der Waals surface area (Å²) in [6.45, 7) is 1.12. The molecule has 0 aliphatic carbocycles. The van der Waals surface area contributed by atoms with Gasteiger partial charge in [0.2, 0.25) is 0 Å². The molecule has 1 aliphatic heterocycles. The van der Waals surface area contributed by atoms with Gasteiger partial charge in [0.1, 0.15) is 18.2 Å². The third kappa shape index (κ3) is 6.58. The van der Waals surface area contributed by atoms with Crippen LogP contribution in [0, 0.1) is 9.39 Å². The molecule has 44 heavy (non-hydrogen) atoms. The van der Waals surface area contributed by atoms with E-state index in [9.17, 15) is 27.2 Å². The zero-order chi connectivity index (χ0) is 31.8. The van der Waals surface area contributed by atoms with Gasteiger partial charge in [0.25, 0.3) is 5.56 Å². The summed E-state index contributed by atoms with van der Waals surface area (Å²) in [5.74, 6) is -1.45. The third-order valence-electron chi connectivity index (χ3n) is 6.43. The molecule has 0 saturated heterocycles. The number of aromatic nitrogens is 1. The summed E-state index contributed by atoms with van der Waals surface area (Å²) in [6, 6.07) is 13.4. The van der Waals surface area contributed by atoms with Gasteiger partial charge in [-0.3, -0.25) is 9.36 Å². The van der Waals surface area contributed by atoms with E-state index in [4.69, 9.17) is 32.7 Å². The lowest BCUT2D eigenvalue weighted by molar-refractivity contribution is -0.140. The lowest BCUT2D eigenvalue weighted by atomic mass is 9.95. The van der Waals surface area contributed by atoms with Crippen molar-refractivity contribution in [1.29, 1.82) is 0 Å². The van der Waals surface area contributed by atoms with E-state index in [1.165, 1.54) is 49.4 Å². The highest BCUT2D eigenvalue weighted by Crippen LogP contribution is 2.38. The summed E-state index contributed by atoms with van der Waals surface area (Å²) in [7, 11) is 0. The van der Waals surface area contributed by atoms with Crippen LogP contribution in [0.2, 0.25) is 10.0 Å². The molecule has 0 amide bonds. The SMILES string of the molecule is CCOC(=O)C1=C(C(F)(F)F)N=c2s/c(=C\c3cc(Cl)cc(I)c3OCc3ccccc3F)c(=O)n2[C@H]1c1ccc(Cl)cc1. The van der Waals surface area contributed by atoms with Crippen LogP contribution in [0.25, 0.3) is 6.08 Å². The second-order valence-corrected chi connectivity index (χ2v) is 12.3. The Bertz CT molecular complexity index is 1970. The number of rotatable bonds is 7. The summed E-state index contributed by atoms with van der Waals surface area (Å²) < 4.78 is 69.8. The number of esters is 1. The Morgan fingerprint density at radius 1 is 1.11 bits per heavy atom. The number of alkyl halides is 3. The highest BCUT2D eigenvalue weighted by atomic mass is 127. The van der Waals surface area contributed by atoms with Gasteiger partial charge in [-0.2, -0.15) is 13.2 Å². The number of thiazole rings is 1. The number of hydrogen-bond donors (Lipinski definition) is 0. The Labute approximate surface area is 275 Å². The molecule has 3 aromatic carbocycles. The normalized spacial score (nSPS) is 15.2. The number of carbonyl (C=O) groups is 1. The number of hydrogen-bond acceptors (Lipinski definition) is 6. The van der Waals surface area contributed by atoms with Crippen molar-refractivity contribution >= 4 is 69.2 Å². The van der Waals surface area contributed by atoms with E-state index < -0.39 is 40.8 Å². The number of ether oxygens (including phenoxy) is 2. The minimum absolute atomic E-state index is 0.0110. The highest BCUT2D eigenvalue weighted by Gasteiger charge is 2.45. The Morgan fingerprint density at radius 3 is 2.48 bits per heavy atom. The minimum Gasteiger partial charge on any atom is -0.487 e. The maximum atomic E-state index is 14.4. The molecule has 2 heterocycles. The van der Waals surface area contributed by atoms with Crippen LogP contribution in [0.15, 0.2) is 81.7 Å². The van der Waals surface area contributed by atoms with Crippen molar-refractivity contribution in [2.75, 3.05) is 6.61 Å². The smallest absolute Gasteiger partial charge is 0.434 e. The van der Waals surface area contributed by atoms with Crippen molar-refractivity contribution in [3.8, 4) is 5.75 Å². The van der Waals surface area contributed by atoms with Crippen LogP contribution in [0.4, 0.5) is 17.6 Å². The lowest BCUT2D eigenvalue weighted by Gasteiger charge is -2.26. The molecule has 1 aromatic heterocycles.